The lowest BCUT2D eigenvalue weighted by atomic mass is 10.1. The third-order valence-corrected chi connectivity index (χ3v) is 1.52. The average Bonchev–Trinajstić information content (AvgIpc) is 1.79. The van der Waals surface area contributed by atoms with E-state index in [-0.39, 0.29) is 0 Å². The molecular formula is C8H13N. The highest BCUT2D eigenvalue weighted by Crippen LogP contribution is 2.06. The molecule has 0 saturated heterocycles. The minimum Gasteiger partial charge on any atom is -0.399 e. The first-order chi connectivity index (χ1) is 4.39. The van der Waals surface area contributed by atoms with E-state index in [2.05, 4.69) is 12.2 Å². The second-order valence-corrected chi connectivity index (χ2v) is 2.39. The Morgan fingerprint density at radius 2 is 2.00 bits per heavy atom. The Morgan fingerprint density at radius 1 is 1.22 bits per heavy atom. The molecule has 1 rings (SSSR count). The minimum atomic E-state index is 0.926. The topological polar surface area (TPSA) is 26.0 Å². The van der Waals surface area contributed by atoms with Gasteiger partial charge < -0.3 is 5.73 Å². The highest BCUT2D eigenvalue weighted by atomic mass is 14.5. The van der Waals surface area contributed by atoms with Gasteiger partial charge in [0.1, 0.15) is 0 Å². The maximum absolute atomic E-state index is 5.58. The van der Waals surface area contributed by atoms with Gasteiger partial charge in [-0.1, -0.05) is 12.2 Å². The van der Waals surface area contributed by atoms with Crippen LogP contribution >= 0.6 is 0 Å². The van der Waals surface area contributed by atoms with Crippen LogP contribution in [0.3, 0.4) is 0 Å². The number of nitrogens with two attached hydrogens (primary N) is 1. The van der Waals surface area contributed by atoms with E-state index in [9.17, 15) is 0 Å². The van der Waals surface area contributed by atoms with Crippen molar-refractivity contribution in [3.63, 3.8) is 0 Å². The smallest absolute Gasteiger partial charge is 0.0270 e. The first-order valence-corrected chi connectivity index (χ1v) is 3.52. The molecule has 1 aliphatic rings. The zero-order valence-electron chi connectivity index (χ0n) is 5.64. The van der Waals surface area contributed by atoms with Crippen molar-refractivity contribution in [1.82, 2.24) is 0 Å². The Labute approximate surface area is 56.2 Å². The number of allylic oxidation sites excluding steroid dienone is 3. The summed E-state index contributed by atoms with van der Waals surface area (Å²) in [7, 11) is 0. The second-order valence-electron chi connectivity index (χ2n) is 2.39. The van der Waals surface area contributed by atoms with Gasteiger partial charge in [-0.25, -0.2) is 0 Å². The molecule has 0 bridgehead atoms. The predicted molar refractivity (Wildman–Crippen MR) is 39.9 cm³/mol. The molecule has 0 heterocycles. The van der Waals surface area contributed by atoms with Crippen molar-refractivity contribution in [3.8, 4) is 0 Å². The summed E-state index contributed by atoms with van der Waals surface area (Å²) in [5, 5.41) is 0. The van der Waals surface area contributed by atoms with Crippen LogP contribution < -0.4 is 5.73 Å². The molecule has 1 aliphatic carbocycles. The van der Waals surface area contributed by atoms with Crippen molar-refractivity contribution >= 4 is 0 Å². The largest absolute Gasteiger partial charge is 0.399 e. The van der Waals surface area contributed by atoms with Gasteiger partial charge in [-0.15, -0.1) is 0 Å². The van der Waals surface area contributed by atoms with Crippen LogP contribution in [-0.4, -0.2) is 0 Å². The molecule has 0 amide bonds. The fraction of sp³-hybridized carbons (Fsp3) is 0.500. The lowest BCUT2D eigenvalue weighted by molar-refractivity contribution is 0.754. The molecule has 0 spiro atoms. The number of hydrogen-bond acceptors (Lipinski definition) is 1. The van der Waals surface area contributed by atoms with Gasteiger partial charge >= 0.3 is 0 Å². The first-order valence-electron chi connectivity index (χ1n) is 3.52. The average molecular weight is 123 g/mol. The van der Waals surface area contributed by atoms with Gasteiger partial charge in [0.05, 0.1) is 0 Å². The lowest BCUT2D eigenvalue weighted by Gasteiger charge is -1.99. The van der Waals surface area contributed by atoms with Crippen molar-refractivity contribution in [3.05, 3.63) is 23.9 Å². The maximum Gasteiger partial charge on any atom is 0.0270 e. The molecule has 9 heavy (non-hydrogen) atoms. The molecule has 0 fully saturated rings. The maximum atomic E-state index is 5.58. The quantitative estimate of drug-likeness (QED) is 0.523. The van der Waals surface area contributed by atoms with Crippen LogP contribution in [0.25, 0.3) is 0 Å². The Bertz CT molecular complexity index is 134. The summed E-state index contributed by atoms with van der Waals surface area (Å²) in [6.45, 7) is 0. The SMILES string of the molecule is NC1=C/CCCC/C=C\1. The molecule has 0 aliphatic heterocycles. The van der Waals surface area contributed by atoms with Crippen LogP contribution in [-0.2, 0) is 0 Å². The van der Waals surface area contributed by atoms with Gasteiger partial charge in [0.15, 0.2) is 0 Å². The van der Waals surface area contributed by atoms with Crippen molar-refractivity contribution < 1.29 is 0 Å². The van der Waals surface area contributed by atoms with E-state index in [0.29, 0.717) is 0 Å². The molecule has 0 aromatic carbocycles. The third-order valence-electron chi connectivity index (χ3n) is 1.52. The molecular weight excluding hydrogens is 110 g/mol. The fourth-order valence-electron chi connectivity index (χ4n) is 0.963. The van der Waals surface area contributed by atoms with Crippen LogP contribution in [0, 0.1) is 0 Å². The molecule has 0 radical (unpaired) electrons. The van der Waals surface area contributed by atoms with Crippen LogP contribution in [0.4, 0.5) is 0 Å². The van der Waals surface area contributed by atoms with Gasteiger partial charge in [0.2, 0.25) is 0 Å². The van der Waals surface area contributed by atoms with Gasteiger partial charge in [-0.2, -0.15) is 0 Å². The van der Waals surface area contributed by atoms with Crippen LogP contribution in [0.5, 0.6) is 0 Å². The molecule has 0 aromatic rings. The molecule has 0 saturated carbocycles. The predicted octanol–water partition coefficient (Wildman–Crippen LogP) is 1.96. The van der Waals surface area contributed by atoms with Crippen molar-refractivity contribution in [2.45, 2.75) is 25.7 Å². The number of hydrogen-bond donors (Lipinski definition) is 1. The summed E-state index contributed by atoms with van der Waals surface area (Å²) in [6, 6.07) is 0. The summed E-state index contributed by atoms with van der Waals surface area (Å²) >= 11 is 0. The summed E-state index contributed by atoms with van der Waals surface area (Å²) in [6.07, 6.45) is 11.2. The van der Waals surface area contributed by atoms with Crippen LogP contribution in [0.2, 0.25) is 0 Å². The lowest BCUT2D eigenvalue weighted by Crippen LogP contribution is -1.93. The van der Waals surface area contributed by atoms with E-state index in [4.69, 9.17) is 5.73 Å². The highest BCUT2D eigenvalue weighted by Gasteiger charge is 1.89. The van der Waals surface area contributed by atoms with E-state index in [1.54, 1.807) is 0 Å². The molecule has 50 valence electrons. The molecule has 1 heteroatoms. The van der Waals surface area contributed by atoms with E-state index < -0.39 is 0 Å². The van der Waals surface area contributed by atoms with E-state index in [1.165, 1.54) is 19.3 Å². The van der Waals surface area contributed by atoms with Gasteiger partial charge in [-0.05, 0) is 31.8 Å². The second kappa shape index (κ2) is 3.33. The Kier molecular flexibility index (Phi) is 2.37. The number of rotatable bonds is 0. The molecule has 1 nitrogen and oxygen atoms in total. The Hall–Kier alpha value is -0.720. The van der Waals surface area contributed by atoms with Crippen molar-refractivity contribution in [2.75, 3.05) is 0 Å². The monoisotopic (exact) mass is 123 g/mol. The zero-order chi connectivity index (χ0) is 6.53. The van der Waals surface area contributed by atoms with Crippen LogP contribution in [0.15, 0.2) is 23.9 Å². The molecule has 0 unspecified atom stereocenters. The summed E-state index contributed by atoms with van der Waals surface area (Å²) in [5.74, 6) is 0. The molecule has 0 aromatic heterocycles. The molecule has 2 N–H and O–H groups in total. The van der Waals surface area contributed by atoms with Gasteiger partial charge in [0, 0.05) is 5.70 Å². The fourth-order valence-corrected chi connectivity index (χ4v) is 0.963. The normalized spacial score (nSPS) is 29.6. The highest BCUT2D eigenvalue weighted by molar-refractivity contribution is 5.15. The zero-order valence-corrected chi connectivity index (χ0v) is 5.64. The van der Waals surface area contributed by atoms with Gasteiger partial charge in [-0.3, -0.25) is 0 Å². The Morgan fingerprint density at radius 3 is 2.89 bits per heavy atom. The van der Waals surface area contributed by atoms with Crippen molar-refractivity contribution in [1.29, 1.82) is 0 Å². The summed E-state index contributed by atoms with van der Waals surface area (Å²) < 4.78 is 0. The van der Waals surface area contributed by atoms with Crippen LogP contribution in [0.1, 0.15) is 25.7 Å². The third kappa shape index (κ3) is 2.36. The molecule has 0 atom stereocenters. The summed E-state index contributed by atoms with van der Waals surface area (Å²) in [4.78, 5) is 0. The van der Waals surface area contributed by atoms with Crippen molar-refractivity contribution in [2.24, 2.45) is 5.73 Å². The standard InChI is InChI=1S/C8H13N/c9-8-6-4-2-1-3-5-7-8/h4,6-7H,1-3,5,9H2/b6-4-,8-7+. The van der Waals surface area contributed by atoms with E-state index in [1.807, 2.05) is 6.08 Å². The first kappa shape index (κ1) is 6.40. The van der Waals surface area contributed by atoms with Gasteiger partial charge in [0.25, 0.3) is 0 Å². The summed E-state index contributed by atoms with van der Waals surface area (Å²) in [5.41, 5.74) is 6.50. The van der Waals surface area contributed by atoms with E-state index >= 15 is 0 Å². The minimum absolute atomic E-state index is 0.926. The van der Waals surface area contributed by atoms with E-state index in [0.717, 1.165) is 12.1 Å². The Balaban J connectivity index is 2.49.